The first-order valence-corrected chi connectivity index (χ1v) is 5.04. The van der Waals surface area contributed by atoms with Crippen LogP contribution in [0.1, 0.15) is 5.56 Å². The zero-order chi connectivity index (χ0) is 15.8. The van der Waals surface area contributed by atoms with Gasteiger partial charge in [0.25, 0.3) is 0 Å². The van der Waals surface area contributed by atoms with Gasteiger partial charge in [0, 0.05) is 0 Å². The van der Waals surface area contributed by atoms with E-state index in [1.807, 2.05) is 0 Å². The Morgan fingerprint density at radius 1 is 0.850 bits per heavy atom. The van der Waals surface area contributed by atoms with E-state index in [0.29, 0.717) is 6.07 Å². The van der Waals surface area contributed by atoms with Crippen LogP contribution >= 0.6 is 0 Å². The molecule has 0 bridgehead atoms. The molecule has 1 rings (SSSR count). The molecule has 1 aromatic rings. The molecule has 0 aliphatic heterocycles. The second kappa shape index (κ2) is 5.02. The second-order valence-corrected chi connectivity index (χ2v) is 3.71. The van der Waals surface area contributed by atoms with Gasteiger partial charge in [-0.1, -0.05) is 0 Å². The zero-order valence-electron chi connectivity index (χ0n) is 10.2. The van der Waals surface area contributed by atoms with Crippen LogP contribution in [0, 0.1) is 0 Å². The number of ether oxygens (including phenoxy) is 2. The minimum atomic E-state index is -6.41. The Morgan fingerprint density at radius 3 is 1.80 bits per heavy atom. The Morgan fingerprint density at radius 2 is 1.40 bits per heavy atom. The molecule has 0 N–H and O–H groups in total. The molecule has 2 nitrogen and oxygen atoms in total. The zero-order valence-corrected chi connectivity index (χ0v) is 10.2. The van der Waals surface area contributed by atoms with E-state index in [1.165, 1.54) is 0 Å². The molecule has 0 radical (unpaired) electrons. The number of rotatable bonds is 4. The van der Waals surface area contributed by atoms with Crippen molar-refractivity contribution in [1.29, 1.82) is 0 Å². The summed E-state index contributed by atoms with van der Waals surface area (Å²) in [4.78, 5) is 0. The molecule has 0 fully saturated rings. The molecule has 0 aromatic heterocycles. The monoisotopic (exact) mass is 306 g/mol. The predicted octanol–water partition coefficient (Wildman–Crippen LogP) is 3.99. The summed E-state index contributed by atoms with van der Waals surface area (Å²) in [7, 11) is 1.92. The van der Waals surface area contributed by atoms with Crippen molar-refractivity contribution in [1.82, 2.24) is 0 Å². The van der Waals surface area contributed by atoms with E-state index in [2.05, 4.69) is 9.47 Å². The number of methoxy groups -OCH3 is 2. The molecule has 0 saturated heterocycles. The van der Waals surface area contributed by atoms with E-state index in [4.69, 9.17) is 0 Å². The number of halogens is 7. The largest absolute Gasteiger partial charge is 0.497 e. The lowest BCUT2D eigenvalue weighted by Gasteiger charge is -2.29. The highest BCUT2D eigenvalue weighted by Gasteiger charge is 2.74. The third-order valence-electron chi connectivity index (χ3n) is 2.50. The van der Waals surface area contributed by atoms with Crippen molar-refractivity contribution >= 4 is 0 Å². The van der Waals surface area contributed by atoms with Crippen LogP contribution in [0.3, 0.4) is 0 Å². The van der Waals surface area contributed by atoms with Crippen LogP contribution in [0.5, 0.6) is 11.5 Å². The van der Waals surface area contributed by atoms with Crippen molar-refractivity contribution in [3.8, 4) is 11.5 Å². The van der Waals surface area contributed by atoms with E-state index in [-0.39, 0.29) is 5.75 Å². The number of alkyl halides is 7. The molecule has 0 atom stereocenters. The Kier molecular flexibility index (Phi) is 4.12. The summed E-state index contributed by atoms with van der Waals surface area (Å²) in [5.74, 6) is -12.9. The molecule has 0 heterocycles. The van der Waals surface area contributed by atoms with Crippen LogP contribution in [0.25, 0.3) is 0 Å². The summed E-state index contributed by atoms with van der Waals surface area (Å²) in [6, 6.07) is 2.27. The predicted molar refractivity (Wildman–Crippen MR) is 54.4 cm³/mol. The molecule has 1 aromatic carbocycles. The second-order valence-electron chi connectivity index (χ2n) is 3.71. The van der Waals surface area contributed by atoms with Crippen LogP contribution < -0.4 is 9.47 Å². The van der Waals surface area contributed by atoms with Gasteiger partial charge in [0.15, 0.2) is 0 Å². The standard InChI is InChI=1S/C11H9F7O2/c1-19-6-3-4-8(20-2)7(5-6)9(12,13)10(14,15)11(16,17)18/h3-5H,1-2H3. The Bertz CT molecular complexity index is 482. The van der Waals surface area contributed by atoms with Gasteiger partial charge in [-0.3, -0.25) is 0 Å². The van der Waals surface area contributed by atoms with Gasteiger partial charge in [0.2, 0.25) is 0 Å². The molecule has 0 spiro atoms. The molecule has 0 saturated carbocycles. The van der Waals surface area contributed by atoms with Crippen LogP contribution in [-0.4, -0.2) is 26.3 Å². The average molecular weight is 306 g/mol. The van der Waals surface area contributed by atoms with Crippen molar-refractivity contribution < 1.29 is 40.2 Å². The lowest BCUT2D eigenvalue weighted by atomic mass is 10.0. The maximum Gasteiger partial charge on any atom is 0.460 e. The first kappa shape index (κ1) is 16.4. The highest BCUT2D eigenvalue weighted by Crippen LogP contribution is 2.54. The molecule has 114 valence electrons. The van der Waals surface area contributed by atoms with E-state index in [0.717, 1.165) is 26.4 Å². The number of hydrogen-bond acceptors (Lipinski definition) is 2. The van der Waals surface area contributed by atoms with E-state index >= 15 is 0 Å². The highest BCUT2D eigenvalue weighted by molar-refractivity contribution is 5.44. The normalized spacial score (nSPS) is 13.2. The minimum absolute atomic E-state index is 0.307. The fourth-order valence-electron chi connectivity index (χ4n) is 1.41. The van der Waals surface area contributed by atoms with Gasteiger partial charge in [-0.05, 0) is 18.2 Å². The molecular weight excluding hydrogens is 297 g/mol. The van der Waals surface area contributed by atoms with Gasteiger partial charge in [-0.2, -0.15) is 30.7 Å². The van der Waals surface area contributed by atoms with E-state index in [1.54, 1.807) is 0 Å². The van der Waals surface area contributed by atoms with Crippen molar-refractivity contribution in [2.45, 2.75) is 18.0 Å². The van der Waals surface area contributed by atoms with Crippen LogP contribution in [0.4, 0.5) is 30.7 Å². The summed E-state index contributed by atoms with van der Waals surface area (Å²) in [5, 5.41) is 0. The number of benzene rings is 1. The summed E-state index contributed by atoms with van der Waals surface area (Å²) in [6.07, 6.45) is -6.41. The Hall–Kier alpha value is -1.67. The third kappa shape index (κ3) is 2.48. The first-order valence-electron chi connectivity index (χ1n) is 5.04. The van der Waals surface area contributed by atoms with Gasteiger partial charge >= 0.3 is 18.0 Å². The fraction of sp³-hybridized carbons (Fsp3) is 0.455. The minimum Gasteiger partial charge on any atom is -0.497 e. The van der Waals surface area contributed by atoms with Crippen molar-refractivity contribution in [3.05, 3.63) is 23.8 Å². The summed E-state index contributed by atoms with van der Waals surface area (Å²) in [6.45, 7) is 0. The summed E-state index contributed by atoms with van der Waals surface area (Å²) in [5.41, 5.74) is -1.61. The Balaban J connectivity index is 3.48. The molecule has 0 aliphatic rings. The van der Waals surface area contributed by atoms with Gasteiger partial charge < -0.3 is 9.47 Å². The van der Waals surface area contributed by atoms with Crippen molar-refractivity contribution in [2.24, 2.45) is 0 Å². The van der Waals surface area contributed by atoms with Gasteiger partial charge in [0.1, 0.15) is 11.5 Å². The molecule has 9 heteroatoms. The molecule has 0 amide bonds. The quantitative estimate of drug-likeness (QED) is 0.783. The smallest absolute Gasteiger partial charge is 0.460 e. The molecular formula is C11H9F7O2. The van der Waals surface area contributed by atoms with Gasteiger partial charge in [0.05, 0.1) is 19.8 Å². The van der Waals surface area contributed by atoms with Crippen LogP contribution in [-0.2, 0) is 5.92 Å². The molecule has 20 heavy (non-hydrogen) atoms. The average Bonchev–Trinajstić information content (AvgIpc) is 2.36. The maximum absolute atomic E-state index is 13.6. The SMILES string of the molecule is COc1ccc(OC)c(C(F)(F)C(F)(F)C(F)(F)F)c1. The fourth-order valence-corrected chi connectivity index (χ4v) is 1.41. The maximum atomic E-state index is 13.6. The summed E-state index contributed by atoms with van der Waals surface area (Å²) >= 11 is 0. The van der Waals surface area contributed by atoms with Crippen LogP contribution in [0.15, 0.2) is 18.2 Å². The van der Waals surface area contributed by atoms with E-state index < -0.39 is 29.3 Å². The van der Waals surface area contributed by atoms with Gasteiger partial charge in [-0.25, -0.2) is 0 Å². The number of hydrogen-bond donors (Lipinski definition) is 0. The van der Waals surface area contributed by atoms with Crippen molar-refractivity contribution in [3.63, 3.8) is 0 Å². The molecule has 0 unspecified atom stereocenters. The van der Waals surface area contributed by atoms with Crippen molar-refractivity contribution in [2.75, 3.05) is 14.2 Å². The van der Waals surface area contributed by atoms with Gasteiger partial charge in [-0.15, -0.1) is 0 Å². The van der Waals surface area contributed by atoms with Crippen LogP contribution in [0.2, 0.25) is 0 Å². The lowest BCUT2D eigenvalue weighted by Crippen LogP contribution is -2.50. The summed E-state index contributed by atoms with van der Waals surface area (Å²) < 4.78 is 98.5. The highest BCUT2D eigenvalue weighted by atomic mass is 19.4. The lowest BCUT2D eigenvalue weighted by molar-refractivity contribution is -0.359. The third-order valence-corrected chi connectivity index (χ3v) is 2.50. The Labute approximate surface area is 109 Å². The topological polar surface area (TPSA) is 18.5 Å². The molecule has 0 aliphatic carbocycles. The first-order chi connectivity index (χ1) is 8.99. The van der Waals surface area contributed by atoms with E-state index in [9.17, 15) is 30.7 Å².